The van der Waals surface area contributed by atoms with Gasteiger partial charge in [-0.15, -0.1) is 10.2 Å². The van der Waals surface area contributed by atoms with E-state index in [4.69, 9.17) is 5.26 Å². The second-order valence-electron chi connectivity index (χ2n) is 4.68. The zero-order chi connectivity index (χ0) is 15.4. The third kappa shape index (κ3) is 3.15. The van der Waals surface area contributed by atoms with Crippen molar-refractivity contribution in [3.05, 3.63) is 76.8 Å². The first-order valence-electron chi connectivity index (χ1n) is 6.63. The van der Waals surface area contributed by atoms with Crippen LogP contribution < -0.4 is 5.01 Å². The predicted octanol–water partition coefficient (Wildman–Crippen LogP) is 3.38. The molecule has 0 saturated carbocycles. The first-order valence-corrected chi connectivity index (χ1v) is 7.42. The fourth-order valence-electron chi connectivity index (χ4n) is 2.10. The predicted molar refractivity (Wildman–Crippen MR) is 86.9 cm³/mol. The van der Waals surface area contributed by atoms with Crippen molar-refractivity contribution in [2.24, 2.45) is 0 Å². The molecule has 0 radical (unpaired) electrons. The molecule has 1 heterocycles. The van der Waals surface area contributed by atoms with Crippen molar-refractivity contribution in [1.29, 1.82) is 5.26 Å². The van der Waals surface area contributed by atoms with Crippen molar-refractivity contribution >= 4 is 21.6 Å². The molecule has 108 valence electrons. The minimum Gasteiger partial charge on any atom is -0.274 e. The van der Waals surface area contributed by atoms with Gasteiger partial charge in [-0.05, 0) is 42.0 Å². The first kappa shape index (κ1) is 14.3. The SMILES string of the molecule is N#Cc1ccc(CN(c2ccc(Br)cc2)n2cnnc2)cc1. The maximum atomic E-state index is 8.88. The summed E-state index contributed by atoms with van der Waals surface area (Å²) in [5, 5.41) is 18.7. The molecule has 0 aliphatic rings. The van der Waals surface area contributed by atoms with Gasteiger partial charge in [0.25, 0.3) is 0 Å². The molecule has 0 unspecified atom stereocenters. The quantitative estimate of drug-likeness (QED) is 0.721. The molecule has 0 atom stereocenters. The van der Waals surface area contributed by atoms with Crippen molar-refractivity contribution in [2.75, 3.05) is 5.01 Å². The van der Waals surface area contributed by atoms with Crippen molar-refractivity contribution in [3.63, 3.8) is 0 Å². The highest BCUT2D eigenvalue weighted by Gasteiger charge is 2.10. The standard InChI is InChI=1S/C16H12BrN5/c17-15-5-7-16(8-6-15)22(21-11-19-20-12-21)10-14-3-1-13(9-18)2-4-14/h1-8,11-12H,10H2. The fraction of sp³-hybridized carbons (Fsp3) is 0.0625. The van der Waals surface area contributed by atoms with E-state index in [1.165, 1.54) is 0 Å². The number of rotatable bonds is 4. The lowest BCUT2D eigenvalue weighted by Gasteiger charge is -2.25. The van der Waals surface area contributed by atoms with E-state index in [0.717, 1.165) is 15.7 Å². The van der Waals surface area contributed by atoms with Crippen molar-refractivity contribution in [1.82, 2.24) is 14.9 Å². The lowest BCUT2D eigenvalue weighted by atomic mass is 10.1. The summed E-state index contributed by atoms with van der Waals surface area (Å²) in [5.74, 6) is 0. The summed E-state index contributed by atoms with van der Waals surface area (Å²) in [7, 11) is 0. The summed E-state index contributed by atoms with van der Waals surface area (Å²) in [4.78, 5) is 0. The van der Waals surface area contributed by atoms with Crippen LogP contribution in [0, 0.1) is 11.3 Å². The first-order chi connectivity index (χ1) is 10.8. The molecule has 3 aromatic rings. The summed E-state index contributed by atoms with van der Waals surface area (Å²) in [6.45, 7) is 0.644. The largest absolute Gasteiger partial charge is 0.274 e. The Kier molecular flexibility index (Phi) is 4.17. The van der Waals surface area contributed by atoms with E-state index >= 15 is 0 Å². The van der Waals surface area contributed by atoms with E-state index in [-0.39, 0.29) is 0 Å². The molecular weight excluding hydrogens is 342 g/mol. The molecule has 0 spiro atoms. The highest BCUT2D eigenvalue weighted by atomic mass is 79.9. The summed E-state index contributed by atoms with van der Waals surface area (Å²) in [6, 6.07) is 17.7. The lowest BCUT2D eigenvalue weighted by Crippen LogP contribution is -2.27. The Hall–Kier alpha value is -2.65. The number of anilines is 1. The molecular formula is C16H12BrN5. The molecule has 0 saturated heterocycles. The van der Waals surface area contributed by atoms with Crippen LogP contribution in [0.2, 0.25) is 0 Å². The Morgan fingerprint density at radius 2 is 1.64 bits per heavy atom. The van der Waals surface area contributed by atoms with Gasteiger partial charge in [-0.3, -0.25) is 5.01 Å². The molecule has 3 rings (SSSR count). The Bertz CT molecular complexity index is 773. The summed E-state index contributed by atoms with van der Waals surface area (Å²) in [6.07, 6.45) is 3.32. The maximum Gasteiger partial charge on any atom is 0.139 e. The molecule has 0 bridgehead atoms. The van der Waals surface area contributed by atoms with Gasteiger partial charge in [0.15, 0.2) is 0 Å². The Labute approximate surface area is 136 Å². The number of nitriles is 1. The van der Waals surface area contributed by atoms with Gasteiger partial charge in [0, 0.05) is 4.47 Å². The van der Waals surface area contributed by atoms with Crippen LogP contribution in [0.1, 0.15) is 11.1 Å². The van der Waals surface area contributed by atoms with E-state index in [0.29, 0.717) is 12.1 Å². The van der Waals surface area contributed by atoms with Crippen molar-refractivity contribution < 1.29 is 0 Å². The fourth-order valence-corrected chi connectivity index (χ4v) is 2.36. The highest BCUT2D eigenvalue weighted by molar-refractivity contribution is 9.10. The number of nitrogens with zero attached hydrogens (tertiary/aromatic N) is 5. The molecule has 2 aromatic carbocycles. The van der Waals surface area contributed by atoms with Gasteiger partial charge in [-0.25, -0.2) is 4.68 Å². The Morgan fingerprint density at radius 1 is 1.00 bits per heavy atom. The second kappa shape index (κ2) is 6.41. The summed E-state index contributed by atoms with van der Waals surface area (Å²) < 4.78 is 2.86. The van der Waals surface area contributed by atoms with E-state index in [2.05, 4.69) is 32.2 Å². The smallest absolute Gasteiger partial charge is 0.139 e. The van der Waals surface area contributed by atoms with Crippen LogP contribution in [0.4, 0.5) is 5.69 Å². The summed E-state index contributed by atoms with van der Waals surface area (Å²) >= 11 is 3.45. The van der Waals surface area contributed by atoms with Crippen LogP contribution in [0.5, 0.6) is 0 Å². The molecule has 0 fully saturated rings. The van der Waals surface area contributed by atoms with E-state index in [1.807, 2.05) is 58.2 Å². The van der Waals surface area contributed by atoms with Crippen LogP contribution in [-0.4, -0.2) is 14.9 Å². The van der Waals surface area contributed by atoms with Gasteiger partial charge in [0.1, 0.15) is 12.7 Å². The van der Waals surface area contributed by atoms with E-state index < -0.39 is 0 Å². The zero-order valence-electron chi connectivity index (χ0n) is 11.6. The van der Waals surface area contributed by atoms with Gasteiger partial charge < -0.3 is 0 Å². The molecule has 1 aromatic heterocycles. The monoisotopic (exact) mass is 353 g/mol. The minimum absolute atomic E-state index is 0.644. The summed E-state index contributed by atoms with van der Waals surface area (Å²) in [5.41, 5.74) is 2.77. The molecule has 0 N–H and O–H groups in total. The van der Waals surface area contributed by atoms with Gasteiger partial charge in [-0.1, -0.05) is 28.1 Å². The molecule has 5 nitrogen and oxygen atoms in total. The third-order valence-corrected chi connectivity index (χ3v) is 3.75. The van der Waals surface area contributed by atoms with Crippen LogP contribution in [0.15, 0.2) is 65.7 Å². The van der Waals surface area contributed by atoms with Gasteiger partial charge >= 0.3 is 0 Å². The molecule has 0 amide bonds. The lowest BCUT2D eigenvalue weighted by molar-refractivity contribution is 0.686. The topological polar surface area (TPSA) is 57.7 Å². The maximum absolute atomic E-state index is 8.88. The van der Waals surface area contributed by atoms with Crippen LogP contribution in [-0.2, 0) is 6.54 Å². The Morgan fingerprint density at radius 3 is 2.23 bits per heavy atom. The molecule has 0 aliphatic carbocycles. The second-order valence-corrected chi connectivity index (χ2v) is 5.60. The number of hydrogen-bond donors (Lipinski definition) is 0. The Balaban J connectivity index is 1.92. The normalized spacial score (nSPS) is 10.2. The van der Waals surface area contributed by atoms with Crippen LogP contribution in [0.25, 0.3) is 0 Å². The molecule has 22 heavy (non-hydrogen) atoms. The molecule has 0 aliphatic heterocycles. The number of hydrogen-bond acceptors (Lipinski definition) is 4. The third-order valence-electron chi connectivity index (χ3n) is 3.23. The van der Waals surface area contributed by atoms with Gasteiger partial charge in [-0.2, -0.15) is 5.26 Å². The van der Waals surface area contributed by atoms with E-state index in [1.54, 1.807) is 12.7 Å². The molecule has 6 heteroatoms. The van der Waals surface area contributed by atoms with Crippen molar-refractivity contribution in [3.8, 4) is 6.07 Å². The van der Waals surface area contributed by atoms with E-state index in [9.17, 15) is 0 Å². The minimum atomic E-state index is 0.644. The van der Waals surface area contributed by atoms with Crippen molar-refractivity contribution in [2.45, 2.75) is 6.54 Å². The van der Waals surface area contributed by atoms with Crippen LogP contribution >= 0.6 is 15.9 Å². The van der Waals surface area contributed by atoms with Gasteiger partial charge in [0.2, 0.25) is 0 Å². The number of benzene rings is 2. The number of halogens is 1. The highest BCUT2D eigenvalue weighted by Crippen LogP contribution is 2.21. The van der Waals surface area contributed by atoms with Gasteiger partial charge in [0.05, 0.1) is 23.9 Å². The average Bonchev–Trinajstić information content (AvgIpc) is 3.08. The number of aromatic nitrogens is 3. The zero-order valence-corrected chi connectivity index (χ0v) is 13.2. The van der Waals surface area contributed by atoms with Crippen LogP contribution in [0.3, 0.4) is 0 Å². The average molecular weight is 354 g/mol.